The highest BCUT2D eigenvalue weighted by Crippen LogP contribution is 2.22. The Hall–Kier alpha value is -2.04. The molecule has 120 valence electrons. The second-order valence-electron chi connectivity index (χ2n) is 6.37. The molecule has 1 aromatic rings. The molecular formula is C17H24N2O3. The van der Waals surface area contributed by atoms with E-state index in [-0.39, 0.29) is 11.9 Å². The molecule has 2 N–H and O–H groups in total. The zero-order chi connectivity index (χ0) is 16.3. The number of aryl methyl sites for hydroxylation is 2. The largest absolute Gasteiger partial charge is 0.481 e. The molecule has 0 aliphatic carbocycles. The second kappa shape index (κ2) is 6.81. The van der Waals surface area contributed by atoms with Gasteiger partial charge in [0, 0.05) is 19.6 Å². The van der Waals surface area contributed by atoms with E-state index >= 15 is 0 Å². The summed E-state index contributed by atoms with van der Waals surface area (Å²) in [4.78, 5) is 25.1. The zero-order valence-electron chi connectivity index (χ0n) is 13.4. The lowest BCUT2D eigenvalue weighted by molar-refractivity contribution is -0.143. The Balaban J connectivity index is 1.95. The van der Waals surface area contributed by atoms with Gasteiger partial charge in [-0.2, -0.15) is 0 Å². The van der Waals surface area contributed by atoms with Crippen LogP contribution >= 0.6 is 0 Å². The maximum Gasteiger partial charge on any atom is 0.317 e. The first-order chi connectivity index (χ1) is 10.4. The van der Waals surface area contributed by atoms with Crippen molar-refractivity contribution in [1.29, 1.82) is 0 Å². The lowest BCUT2D eigenvalue weighted by Gasteiger charge is -2.34. The first kappa shape index (κ1) is 16.3. The highest BCUT2D eigenvalue weighted by Gasteiger charge is 2.31. The molecule has 1 aliphatic rings. The van der Waals surface area contributed by atoms with Gasteiger partial charge < -0.3 is 15.3 Å². The number of carboxylic acids is 1. The first-order valence-corrected chi connectivity index (χ1v) is 7.68. The van der Waals surface area contributed by atoms with Crippen molar-refractivity contribution in [2.45, 2.75) is 33.7 Å². The number of hydrogen-bond donors (Lipinski definition) is 2. The summed E-state index contributed by atoms with van der Waals surface area (Å²) in [6.45, 7) is 7.42. The van der Waals surface area contributed by atoms with E-state index in [0.29, 0.717) is 26.1 Å². The number of urea groups is 1. The Kier molecular flexibility index (Phi) is 5.06. The third-order valence-corrected chi connectivity index (χ3v) is 4.22. The predicted octanol–water partition coefficient (Wildman–Crippen LogP) is 2.56. The number of amides is 2. The topological polar surface area (TPSA) is 69.6 Å². The highest BCUT2D eigenvalue weighted by atomic mass is 16.4. The Morgan fingerprint density at radius 2 is 2.05 bits per heavy atom. The lowest BCUT2D eigenvalue weighted by atomic mass is 9.91. The average Bonchev–Trinajstić information content (AvgIpc) is 2.45. The van der Waals surface area contributed by atoms with E-state index in [2.05, 4.69) is 11.4 Å². The fourth-order valence-corrected chi connectivity index (χ4v) is 3.02. The summed E-state index contributed by atoms with van der Waals surface area (Å²) in [7, 11) is 0. The van der Waals surface area contributed by atoms with Gasteiger partial charge in [-0.25, -0.2) is 4.79 Å². The molecule has 1 fully saturated rings. The summed E-state index contributed by atoms with van der Waals surface area (Å²) in [5.74, 6) is -1.07. The SMILES string of the molecule is Cc1ccc(CNC(=O)N2CC(C)CC(C(=O)O)C2)c(C)c1. The molecule has 2 amide bonds. The molecule has 5 nitrogen and oxygen atoms in total. The molecule has 0 saturated carbocycles. The zero-order valence-corrected chi connectivity index (χ0v) is 13.4. The number of nitrogens with one attached hydrogen (secondary N) is 1. The van der Waals surface area contributed by atoms with E-state index in [9.17, 15) is 9.59 Å². The third kappa shape index (κ3) is 4.00. The minimum Gasteiger partial charge on any atom is -0.481 e. The molecule has 5 heteroatoms. The van der Waals surface area contributed by atoms with Gasteiger partial charge >= 0.3 is 12.0 Å². The third-order valence-electron chi connectivity index (χ3n) is 4.22. The van der Waals surface area contributed by atoms with E-state index < -0.39 is 11.9 Å². The van der Waals surface area contributed by atoms with Gasteiger partial charge in [0.1, 0.15) is 0 Å². The van der Waals surface area contributed by atoms with E-state index in [1.807, 2.05) is 32.9 Å². The fourth-order valence-electron chi connectivity index (χ4n) is 3.02. The van der Waals surface area contributed by atoms with Crippen LogP contribution in [0.2, 0.25) is 0 Å². The Bertz CT molecular complexity index is 571. The summed E-state index contributed by atoms with van der Waals surface area (Å²) in [6.07, 6.45) is 0.635. The minimum absolute atomic E-state index is 0.183. The number of carbonyl (C=O) groups excluding carboxylic acids is 1. The van der Waals surface area contributed by atoms with Crippen LogP contribution in [0.5, 0.6) is 0 Å². The van der Waals surface area contributed by atoms with E-state index in [0.717, 1.165) is 11.1 Å². The van der Waals surface area contributed by atoms with E-state index in [1.54, 1.807) is 4.90 Å². The molecule has 1 saturated heterocycles. The molecule has 0 bridgehead atoms. The molecule has 0 radical (unpaired) electrons. The van der Waals surface area contributed by atoms with Crippen LogP contribution in [0.4, 0.5) is 4.79 Å². The summed E-state index contributed by atoms with van der Waals surface area (Å²) >= 11 is 0. The lowest BCUT2D eigenvalue weighted by Crippen LogP contribution is -2.49. The monoisotopic (exact) mass is 304 g/mol. The van der Waals surface area contributed by atoms with Crippen LogP contribution in [0.1, 0.15) is 30.0 Å². The number of hydrogen-bond acceptors (Lipinski definition) is 2. The van der Waals surface area contributed by atoms with Crippen molar-refractivity contribution in [1.82, 2.24) is 10.2 Å². The molecule has 1 aliphatic heterocycles. The van der Waals surface area contributed by atoms with Crippen molar-refractivity contribution in [3.8, 4) is 0 Å². The summed E-state index contributed by atoms with van der Waals surface area (Å²) in [5, 5.41) is 12.1. The van der Waals surface area contributed by atoms with E-state index in [1.165, 1.54) is 5.56 Å². The van der Waals surface area contributed by atoms with Gasteiger partial charge in [-0.05, 0) is 37.3 Å². The van der Waals surface area contributed by atoms with Crippen LogP contribution in [0, 0.1) is 25.7 Å². The van der Waals surface area contributed by atoms with Gasteiger partial charge in [0.25, 0.3) is 0 Å². The number of nitrogens with zero attached hydrogens (tertiary/aromatic N) is 1. The number of aliphatic carboxylic acids is 1. The molecule has 2 atom stereocenters. The van der Waals surface area contributed by atoms with Gasteiger partial charge in [-0.3, -0.25) is 4.79 Å². The van der Waals surface area contributed by atoms with Crippen molar-refractivity contribution in [2.24, 2.45) is 11.8 Å². The number of likely N-dealkylation sites (tertiary alicyclic amines) is 1. The standard InChI is InChI=1S/C17H24N2O3/c1-11-4-5-14(13(3)6-11)8-18-17(22)19-9-12(2)7-15(10-19)16(20)21/h4-6,12,15H,7-10H2,1-3H3,(H,18,22)(H,20,21). The maximum atomic E-state index is 12.3. The number of benzene rings is 1. The van der Waals surface area contributed by atoms with Gasteiger partial charge in [0.15, 0.2) is 0 Å². The fraction of sp³-hybridized carbons (Fsp3) is 0.529. The molecule has 0 spiro atoms. The van der Waals surface area contributed by atoms with Crippen molar-refractivity contribution in [2.75, 3.05) is 13.1 Å². The normalized spacial score (nSPS) is 21.5. The van der Waals surface area contributed by atoms with Gasteiger partial charge in [-0.15, -0.1) is 0 Å². The van der Waals surface area contributed by atoms with E-state index in [4.69, 9.17) is 5.11 Å². The minimum atomic E-state index is -0.821. The number of rotatable bonds is 3. The van der Waals surface area contributed by atoms with Crippen molar-refractivity contribution >= 4 is 12.0 Å². The van der Waals surface area contributed by atoms with Gasteiger partial charge in [0.2, 0.25) is 0 Å². The van der Waals surface area contributed by atoms with Gasteiger partial charge in [0.05, 0.1) is 5.92 Å². The Morgan fingerprint density at radius 3 is 2.68 bits per heavy atom. The van der Waals surface area contributed by atoms with Crippen LogP contribution < -0.4 is 5.32 Å². The molecule has 22 heavy (non-hydrogen) atoms. The smallest absolute Gasteiger partial charge is 0.317 e. The van der Waals surface area contributed by atoms with Crippen molar-refractivity contribution in [3.63, 3.8) is 0 Å². The quantitative estimate of drug-likeness (QED) is 0.901. The van der Waals surface area contributed by atoms with Gasteiger partial charge in [-0.1, -0.05) is 30.7 Å². The number of piperidine rings is 1. The molecule has 0 aromatic heterocycles. The molecule has 1 heterocycles. The van der Waals surface area contributed by atoms with Crippen molar-refractivity contribution < 1.29 is 14.7 Å². The van der Waals surface area contributed by atoms with Crippen LogP contribution in [-0.4, -0.2) is 35.1 Å². The molecule has 2 rings (SSSR count). The first-order valence-electron chi connectivity index (χ1n) is 7.68. The van der Waals surface area contributed by atoms with Crippen molar-refractivity contribution in [3.05, 3.63) is 34.9 Å². The number of carboxylic acid groups (broad SMARTS) is 1. The Morgan fingerprint density at radius 1 is 1.32 bits per heavy atom. The van der Waals surface area contributed by atoms with Crippen LogP contribution in [-0.2, 0) is 11.3 Å². The highest BCUT2D eigenvalue weighted by molar-refractivity contribution is 5.76. The summed E-state index contributed by atoms with van der Waals surface area (Å²) in [5.41, 5.74) is 3.43. The predicted molar refractivity (Wildman–Crippen MR) is 84.6 cm³/mol. The second-order valence-corrected chi connectivity index (χ2v) is 6.37. The van der Waals surface area contributed by atoms with Crippen LogP contribution in [0.25, 0.3) is 0 Å². The van der Waals surface area contributed by atoms with Crippen LogP contribution in [0.3, 0.4) is 0 Å². The molecule has 1 aromatic carbocycles. The van der Waals surface area contributed by atoms with Crippen LogP contribution in [0.15, 0.2) is 18.2 Å². The molecular weight excluding hydrogens is 280 g/mol. The number of carbonyl (C=O) groups is 2. The average molecular weight is 304 g/mol. The Labute approximate surface area is 131 Å². The maximum absolute atomic E-state index is 12.3. The summed E-state index contributed by atoms with van der Waals surface area (Å²) < 4.78 is 0. The molecule has 2 unspecified atom stereocenters. The summed E-state index contributed by atoms with van der Waals surface area (Å²) in [6, 6.07) is 5.95.